The normalized spacial score (nSPS) is 11.8. The molecule has 112 valence electrons. The van der Waals surface area contributed by atoms with Gasteiger partial charge in [-0.05, 0) is 36.8 Å². The van der Waals surface area contributed by atoms with Gasteiger partial charge in [0.25, 0.3) is 0 Å². The van der Waals surface area contributed by atoms with Crippen molar-refractivity contribution in [2.45, 2.75) is 13.0 Å². The Hall–Kier alpha value is -2.20. The maximum atomic E-state index is 5.80. The molecule has 21 heavy (non-hydrogen) atoms. The van der Waals surface area contributed by atoms with E-state index in [2.05, 4.69) is 0 Å². The molecule has 0 aliphatic carbocycles. The van der Waals surface area contributed by atoms with Crippen molar-refractivity contribution < 1.29 is 14.2 Å². The molecule has 0 saturated carbocycles. The highest BCUT2D eigenvalue weighted by Crippen LogP contribution is 2.25. The van der Waals surface area contributed by atoms with Crippen molar-refractivity contribution in [3.05, 3.63) is 54.1 Å². The van der Waals surface area contributed by atoms with Crippen molar-refractivity contribution in [1.29, 1.82) is 0 Å². The van der Waals surface area contributed by atoms with E-state index in [1.165, 1.54) is 0 Å². The molecular formula is C17H21NO3. The van der Waals surface area contributed by atoms with E-state index < -0.39 is 0 Å². The van der Waals surface area contributed by atoms with Gasteiger partial charge in [-0.15, -0.1) is 0 Å². The van der Waals surface area contributed by atoms with E-state index >= 15 is 0 Å². The van der Waals surface area contributed by atoms with Gasteiger partial charge >= 0.3 is 0 Å². The molecule has 2 aromatic carbocycles. The van der Waals surface area contributed by atoms with Crippen LogP contribution >= 0.6 is 0 Å². The summed E-state index contributed by atoms with van der Waals surface area (Å²) in [6.45, 7) is 2.88. The summed E-state index contributed by atoms with van der Waals surface area (Å²) in [7, 11) is 1.62. The lowest BCUT2D eigenvalue weighted by Crippen LogP contribution is -2.10. The van der Waals surface area contributed by atoms with Crippen molar-refractivity contribution in [2.24, 2.45) is 5.73 Å². The molecule has 0 amide bonds. The maximum Gasteiger partial charge on any atom is 0.161 e. The number of rotatable bonds is 7. The van der Waals surface area contributed by atoms with Gasteiger partial charge in [-0.2, -0.15) is 0 Å². The first kappa shape index (κ1) is 15.2. The minimum absolute atomic E-state index is 0.0351. The second-order valence-electron chi connectivity index (χ2n) is 4.71. The van der Waals surface area contributed by atoms with Crippen LogP contribution < -0.4 is 19.9 Å². The fraction of sp³-hybridized carbons (Fsp3) is 0.294. The van der Waals surface area contributed by atoms with Gasteiger partial charge in [0.1, 0.15) is 19.0 Å². The zero-order valence-corrected chi connectivity index (χ0v) is 12.4. The summed E-state index contributed by atoms with van der Waals surface area (Å²) in [6.07, 6.45) is 0. The van der Waals surface area contributed by atoms with Crippen LogP contribution in [0.3, 0.4) is 0 Å². The Bertz CT molecular complexity index is 552. The summed E-state index contributed by atoms with van der Waals surface area (Å²) < 4.78 is 16.5. The molecule has 0 aliphatic heterocycles. The monoisotopic (exact) mass is 287 g/mol. The zero-order chi connectivity index (χ0) is 15.1. The predicted molar refractivity (Wildman–Crippen MR) is 83.0 cm³/mol. The highest BCUT2D eigenvalue weighted by atomic mass is 16.5. The average Bonchev–Trinajstić information content (AvgIpc) is 2.52. The van der Waals surface area contributed by atoms with Crippen molar-refractivity contribution >= 4 is 0 Å². The largest absolute Gasteiger partial charge is 0.493 e. The molecule has 4 nitrogen and oxygen atoms in total. The summed E-state index contributed by atoms with van der Waals surface area (Å²) in [5.41, 5.74) is 6.89. The molecule has 0 aliphatic rings. The molecule has 2 N–H and O–H groups in total. The number of ether oxygens (including phenoxy) is 3. The van der Waals surface area contributed by atoms with E-state index in [1.807, 2.05) is 55.5 Å². The Morgan fingerprint density at radius 1 is 0.905 bits per heavy atom. The minimum atomic E-state index is 0.0351. The molecule has 2 rings (SSSR count). The number of methoxy groups -OCH3 is 1. The zero-order valence-electron chi connectivity index (χ0n) is 12.4. The highest BCUT2D eigenvalue weighted by molar-refractivity contribution is 5.39. The van der Waals surface area contributed by atoms with Crippen molar-refractivity contribution in [2.75, 3.05) is 20.3 Å². The Kier molecular flexibility index (Phi) is 5.46. The molecule has 0 saturated heterocycles. The fourth-order valence-electron chi connectivity index (χ4n) is 1.92. The number of nitrogens with two attached hydrogens (primary N) is 1. The molecule has 4 heteroatoms. The number of hydrogen-bond donors (Lipinski definition) is 1. The second kappa shape index (κ2) is 7.55. The average molecular weight is 287 g/mol. The lowest BCUT2D eigenvalue weighted by molar-refractivity contribution is 0.211. The lowest BCUT2D eigenvalue weighted by atomic mass is 10.1. The number of para-hydroxylation sites is 2. The van der Waals surface area contributed by atoms with Crippen LogP contribution in [0.5, 0.6) is 17.2 Å². The van der Waals surface area contributed by atoms with Crippen molar-refractivity contribution in [3.8, 4) is 17.2 Å². The highest BCUT2D eigenvalue weighted by Gasteiger charge is 2.03. The van der Waals surface area contributed by atoms with Crippen LogP contribution in [-0.2, 0) is 0 Å². The molecule has 0 spiro atoms. The Morgan fingerprint density at radius 3 is 2.14 bits per heavy atom. The van der Waals surface area contributed by atoms with Gasteiger partial charge in [0.05, 0.1) is 7.11 Å². The number of benzene rings is 2. The molecule has 0 radical (unpaired) electrons. The molecule has 0 heterocycles. The van der Waals surface area contributed by atoms with Crippen molar-refractivity contribution in [3.63, 3.8) is 0 Å². The fourth-order valence-corrected chi connectivity index (χ4v) is 1.92. The summed E-state index contributed by atoms with van der Waals surface area (Å²) in [4.78, 5) is 0. The first-order valence-corrected chi connectivity index (χ1v) is 6.95. The van der Waals surface area contributed by atoms with Crippen LogP contribution in [0.15, 0.2) is 48.5 Å². The molecular weight excluding hydrogens is 266 g/mol. The van der Waals surface area contributed by atoms with Gasteiger partial charge < -0.3 is 19.9 Å². The van der Waals surface area contributed by atoms with Crippen LogP contribution in [0, 0.1) is 0 Å². The van der Waals surface area contributed by atoms with E-state index in [0.29, 0.717) is 13.2 Å². The second-order valence-corrected chi connectivity index (χ2v) is 4.71. The summed E-state index contributed by atoms with van der Waals surface area (Å²) in [5.74, 6) is 2.25. The summed E-state index contributed by atoms with van der Waals surface area (Å²) in [5, 5.41) is 0. The lowest BCUT2D eigenvalue weighted by Gasteiger charge is -2.11. The quantitative estimate of drug-likeness (QED) is 0.795. The SMILES string of the molecule is COc1ccccc1OCCOc1ccc(C(C)N)cc1. The van der Waals surface area contributed by atoms with E-state index in [4.69, 9.17) is 19.9 Å². The van der Waals surface area contributed by atoms with Gasteiger partial charge in [0.2, 0.25) is 0 Å². The molecule has 1 atom stereocenters. The first-order chi connectivity index (χ1) is 10.2. The topological polar surface area (TPSA) is 53.7 Å². The molecule has 2 aromatic rings. The Morgan fingerprint density at radius 2 is 1.52 bits per heavy atom. The van der Waals surface area contributed by atoms with Gasteiger partial charge in [0, 0.05) is 6.04 Å². The minimum Gasteiger partial charge on any atom is -0.493 e. The maximum absolute atomic E-state index is 5.80. The third-order valence-electron chi connectivity index (χ3n) is 3.08. The van der Waals surface area contributed by atoms with Crippen LogP contribution in [0.4, 0.5) is 0 Å². The van der Waals surface area contributed by atoms with Gasteiger partial charge in [0.15, 0.2) is 11.5 Å². The standard InChI is InChI=1S/C17H21NO3/c1-13(18)14-7-9-15(10-8-14)20-11-12-21-17-6-4-3-5-16(17)19-2/h3-10,13H,11-12,18H2,1-2H3. The Labute approximate surface area is 125 Å². The number of hydrogen-bond acceptors (Lipinski definition) is 4. The van der Waals surface area contributed by atoms with Gasteiger partial charge in [-0.1, -0.05) is 24.3 Å². The van der Waals surface area contributed by atoms with E-state index in [1.54, 1.807) is 7.11 Å². The van der Waals surface area contributed by atoms with Crippen molar-refractivity contribution in [1.82, 2.24) is 0 Å². The van der Waals surface area contributed by atoms with Gasteiger partial charge in [-0.25, -0.2) is 0 Å². The van der Waals surface area contributed by atoms with E-state index in [9.17, 15) is 0 Å². The molecule has 0 fully saturated rings. The third-order valence-corrected chi connectivity index (χ3v) is 3.08. The van der Waals surface area contributed by atoms with Crippen LogP contribution in [0.2, 0.25) is 0 Å². The Balaban J connectivity index is 1.79. The van der Waals surface area contributed by atoms with E-state index in [0.717, 1.165) is 22.8 Å². The van der Waals surface area contributed by atoms with Crippen LogP contribution in [0.25, 0.3) is 0 Å². The van der Waals surface area contributed by atoms with Crippen LogP contribution in [-0.4, -0.2) is 20.3 Å². The summed E-state index contributed by atoms with van der Waals surface area (Å²) >= 11 is 0. The van der Waals surface area contributed by atoms with Gasteiger partial charge in [-0.3, -0.25) is 0 Å². The van der Waals surface area contributed by atoms with Crippen LogP contribution in [0.1, 0.15) is 18.5 Å². The third kappa shape index (κ3) is 4.39. The molecule has 0 aromatic heterocycles. The predicted octanol–water partition coefficient (Wildman–Crippen LogP) is 3.17. The smallest absolute Gasteiger partial charge is 0.161 e. The summed E-state index contributed by atoms with van der Waals surface area (Å²) in [6, 6.07) is 15.4. The molecule has 1 unspecified atom stereocenters. The van der Waals surface area contributed by atoms with E-state index in [-0.39, 0.29) is 6.04 Å². The first-order valence-electron chi connectivity index (χ1n) is 6.95. The molecule has 0 bridgehead atoms.